The van der Waals surface area contributed by atoms with E-state index in [2.05, 4.69) is 20.7 Å². The van der Waals surface area contributed by atoms with Crippen molar-refractivity contribution in [3.05, 3.63) is 22.6 Å². The van der Waals surface area contributed by atoms with E-state index in [9.17, 15) is 14.4 Å². The van der Waals surface area contributed by atoms with Crippen LogP contribution in [0.4, 0.5) is 0 Å². The van der Waals surface area contributed by atoms with Crippen molar-refractivity contribution >= 4 is 33.7 Å². The molecule has 0 saturated heterocycles. The highest BCUT2D eigenvalue weighted by Crippen LogP contribution is 2.15. The molecule has 0 N–H and O–H groups in total. The van der Waals surface area contributed by atoms with Crippen LogP contribution in [0.15, 0.2) is 21.2 Å². The second-order valence-corrected chi connectivity index (χ2v) is 5.75. The van der Waals surface area contributed by atoms with Crippen LogP contribution in [0.3, 0.4) is 0 Å². The van der Waals surface area contributed by atoms with Crippen molar-refractivity contribution in [2.24, 2.45) is 5.92 Å². The first-order chi connectivity index (χ1) is 10.3. The summed E-state index contributed by atoms with van der Waals surface area (Å²) in [7, 11) is 4.38. The number of halogens is 1. The Morgan fingerprint density at radius 3 is 2.41 bits per heavy atom. The van der Waals surface area contributed by atoms with Crippen LogP contribution in [0.5, 0.6) is 0 Å². The van der Waals surface area contributed by atoms with Crippen LogP contribution in [0.1, 0.15) is 17.5 Å². The molecule has 1 unspecified atom stereocenters. The largest absolute Gasteiger partial charge is 0.469 e. The molecule has 1 rings (SSSR count). The minimum absolute atomic E-state index is 0.110. The van der Waals surface area contributed by atoms with Gasteiger partial charge in [0.1, 0.15) is 0 Å². The van der Waals surface area contributed by atoms with Crippen molar-refractivity contribution in [2.45, 2.75) is 6.92 Å². The summed E-state index contributed by atoms with van der Waals surface area (Å²) < 4.78 is 10.2. The number of esters is 1. The van der Waals surface area contributed by atoms with Gasteiger partial charge in [0.05, 0.1) is 19.6 Å². The van der Waals surface area contributed by atoms with Crippen molar-refractivity contribution < 1.29 is 23.5 Å². The zero-order valence-corrected chi connectivity index (χ0v) is 14.5. The first-order valence-electron chi connectivity index (χ1n) is 6.58. The summed E-state index contributed by atoms with van der Waals surface area (Å²) in [4.78, 5) is 38.1. The molecule has 8 heteroatoms. The number of rotatable bonds is 6. The van der Waals surface area contributed by atoms with Gasteiger partial charge >= 0.3 is 5.97 Å². The number of nitrogens with zero attached hydrogens (tertiary/aromatic N) is 2. The van der Waals surface area contributed by atoms with Gasteiger partial charge in [-0.1, -0.05) is 6.92 Å². The normalized spacial score (nSPS) is 11.7. The molecular formula is C14H19BrN2O5. The highest BCUT2D eigenvalue weighted by Gasteiger charge is 2.22. The van der Waals surface area contributed by atoms with Gasteiger partial charge in [-0.2, -0.15) is 0 Å². The predicted octanol–water partition coefficient (Wildman–Crippen LogP) is 1.38. The third-order valence-corrected chi connectivity index (χ3v) is 3.51. The van der Waals surface area contributed by atoms with Gasteiger partial charge in [0, 0.05) is 20.6 Å². The van der Waals surface area contributed by atoms with E-state index in [1.807, 2.05) is 0 Å². The van der Waals surface area contributed by atoms with Crippen LogP contribution in [0.25, 0.3) is 0 Å². The maximum atomic E-state index is 12.1. The van der Waals surface area contributed by atoms with E-state index in [4.69, 9.17) is 4.42 Å². The van der Waals surface area contributed by atoms with Crippen molar-refractivity contribution in [3.8, 4) is 0 Å². The van der Waals surface area contributed by atoms with Crippen molar-refractivity contribution in [2.75, 3.05) is 34.3 Å². The number of ether oxygens (including phenoxy) is 1. The summed E-state index contributed by atoms with van der Waals surface area (Å²) >= 11 is 3.11. The Bertz CT molecular complexity index is 557. The quantitative estimate of drug-likeness (QED) is 0.702. The van der Waals surface area contributed by atoms with Gasteiger partial charge in [0.15, 0.2) is 10.4 Å². The van der Waals surface area contributed by atoms with Gasteiger partial charge < -0.3 is 19.0 Å². The summed E-state index contributed by atoms with van der Waals surface area (Å²) in [6.45, 7) is 1.78. The van der Waals surface area contributed by atoms with Crippen LogP contribution in [0.2, 0.25) is 0 Å². The maximum Gasteiger partial charge on any atom is 0.310 e. The number of hydrogen-bond acceptors (Lipinski definition) is 5. The molecule has 0 radical (unpaired) electrons. The van der Waals surface area contributed by atoms with Crippen molar-refractivity contribution in [1.82, 2.24) is 9.80 Å². The van der Waals surface area contributed by atoms with Gasteiger partial charge in [-0.3, -0.25) is 14.4 Å². The van der Waals surface area contributed by atoms with E-state index in [1.54, 1.807) is 20.0 Å². The Morgan fingerprint density at radius 2 is 1.91 bits per heavy atom. The number of hydrogen-bond donors (Lipinski definition) is 0. The lowest BCUT2D eigenvalue weighted by atomic mass is 10.2. The molecule has 1 aromatic rings. The second kappa shape index (κ2) is 7.98. The predicted molar refractivity (Wildman–Crippen MR) is 82.2 cm³/mol. The number of carbonyl (C=O) groups is 3. The molecule has 7 nitrogen and oxygen atoms in total. The maximum absolute atomic E-state index is 12.1. The molecule has 0 aliphatic carbocycles. The number of methoxy groups -OCH3 is 1. The molecule has 0 saturated carbocycles. The summed E-state index contributed by atoms with van der Waals surface area (Å²) in [5, 5.41) is 0. The van der Waals surface area contributed by atoms with Gasteiger partial charge in [-0.25, -0.2) is 0 Å². The van der Waals surface area contributed by atoms with Crippen LogP contribution in [0, 0.1) is 5.92 Å². The number of furan rings is 1. The molecule has 1 heterocycles. The Labute approximate surface area is 137 Å². The Hall–Kier alpha value is -1.83. The zero-order chi connectivity index (χ0) is 16.9. The average molecular weight is 375 g/mol. The van der Waals surface area contributed by atoms with E-state index in [1.165, 1.54) is 30.0 Å². The molecular weight excluding hydrogens is 356 g/mol. The molecule has 1 atom stereocenters. The Morgan fingerprint density at radius 1 is 1.27 bits per heavy atom. The topological polar surface area (TPSA) is 80.1 Å². The molecule has 0 aromatic carbocycles. The number of carbonyl (C=O) groups excluding carboxylic acids is 3. The van der Waals surface area contributed by atoms with Gasteiger partial charge in [0.2, 0.25) is 5.91 Å². The third kappa shape index (κ3) is 4.87. The fourth-order valence-corrected chi connectivity index (χ4v) is 2.11. The lowest BCUT2D eigenvalue weighted by Crippen LogP contribution is -2.41. The Balaban J connectivity index is 2.56. The summed E-state index contributed by atoms with van der Waals surface area (Å²) in [5.74, 6) is -1.34. The highest BCUT2D eigenvalue weighted by atomic mass is 79.9. The molecule has 1 aromatic heterocycles. The lowest BCUT2D eigenvalue weighted by molar-refractivity contribution is -0.146. The average Bonchev–Trinajstić information content (AvgIpc) is 2.91. The first-order valence-corrected chi connectivity index (χ1v) is 7.38. The zero-order valence-electron chi connectivity index (χ0n) is 13.0. The molecule has 2 amide bonds. The molecule has 22 heavy (non-hydrogen) atoms. The molecule has 0 aliphatic rings. The number of likely N-dealkylation sites (N-methyl/N-ethyl adjacent to an activating group) is 2. The summed E-state index contributed by atoms with van der Waals surface area (Å²) in [6, 6.07) is 3.13. The highest BCUT2D eigenvalue weighted by molar-refractivity contribution is 9.10. The minimum atomic E-state index is -0.430. The monoisotopic (exact) mass is 374 g/mol. The van der Waals surface area contributed by atoms with E-state index in [0.29, 0.717) is 4.67 Å². The van der Waals surface area contributed by atoms with Crippen molar-refractivity contribution in [1.29, 1.82) is 0 Å². The molecule has 122 valence electrons. The summed E-state index contributed by atoms with van der Waals surface area (Å²) in [5.41, 5.74) is 0. The SMILES string of the molecule is COC(=O)C(C)CN(C)C(=O)CN(C)C(=O)c1ccc(Br)o1. The van der Waals surface area contributed by atoms with Gasteiger partial charge in [0.25, 0.3) is 5.91 Å². The molecule has 0 spiro atoms. The standard InChI is InChI=1S/C14H19BrN2O5/c1-9(14(20)21-4)7-16(2)12(18)8-17(3)13(19)10-5-6-11(15)22-10/h5-6,9H,7-8H2,1-4H3. The van der Waals surface area contributed by atoms with Crippen LogP contribution < -0.4 is 0 Å². The lowest BCUT2D eigenvalue weighted by Gasteiger charge is -2.23. The van der Waals surface area contributed by atoms with E-state index in [0.717, 1.165) is 0 Å². The second-order valence-electron chi connectivity index (χ2n) is 4.96. The van der Waals surface area contributed by atoms with E-state index >= 15 is 0 Å². The van der Waals surface area contributed by atoms with Gasteiger partial charge in [-0.15, -0.1) is 0 Å². The third-order valence-electron chi connectivity index (χ3n) is 3.08. The van der Waals surface area contributed by atoms with E-state index in [-0.39, 0.29) is 30.7 Å². The fraction of sp³-hybridized carbons (Fsp3) is 0.500. The van der Waals surface area contributed by atoms with Crippen LogP contribution in [-0.4, -0.2) is 61.9 Å². The minimum Gasteiger partial charge on any atom is -0.469 e. The van der Waals surface area contributed by atoms with E-state index < -0.39 is 11.8 Å². The Kier molecular flexibility index (Phi) is 6.61. The molecule has 0 bridgehead atoms. The summed E-state index contributed by atoms with van der Waals surface area (Å²) in [6.07, 6.45) is 0. The molecule has 0 fully saturated rings. The molecule has 0 aliphatic heterocycles. The fourth-order valence-electron chi connectivity index (χ4n) is 1.80. The smallest absolute Gasteiger partial charge is 0.310 e. The van der Waals surface area contributed by atoms with Crippen molar-refractivity contribution in [3.63, 3.8) is 0 Å². The number of amides is 2. The van der Waals surface area contributed by atoms with Crippen LogP contribution in [-0.2, 0) is 14.3 Å². The van der Waals surface area contributed by atoms with Crippen LogP contribution >= 0.6 is 15.9 Å². The van der Waals surface area contributed by atoms with Gasteiger partial charge in [-0.05, 0) is 28.1 Å². The first kappa shape index (κ1) is 18.2.